The number of carboxylic acid groups (broad SMARTS) is 1. The van der Waals surface area contributed by atoms with Gasteiger partial charge in [-0.2, -0.15) is 0 Å². The van der Waals surface area contributed by atoms with Crippen molar-refractivity contribution in [3.63, 3.8) is 0 Å². The molecule has 0 bridgehead atoms. The molecule has 0 amide bonds. The van der Waals surface area contributed by atoms with Crippen LogP contribution < -0.4 is 0 Å². The van der Waals surface area contributed by atoms with Crippen LogP contribution in [0.4, 0.5) is 0 Å². The molecule has 1 aliphatic heterocycles. The van der Waals surface area contributed by atoms with Crippen molar-refractivity contribution in [3.8, 4) is 0 Å². The molecule has 0 aromatic rings. The van der Waals surface area contributed by atoms with E-state index in [1.807, 2.05) is 0 Å². The van der Waals surface area contributed by atoms with Gasteiger partial charge in [0.1, 0.15) is 6.10 Å². The van der Waals surface area contributed by atoms with E-state index in [1.165, 1.54) is 25.7 Å². The van der Waals surface area contributed by atoms with Crippen molar-refractivity contribution in [2.75, 3.05) is 6.61 Å². The lowest BCUT2D eigenvalue weighted by Gasteiger charge is -2.18. The van der Waals surface area contributed by atoms with E-state index in [2.05, 4.69) is 12.2 Å². The highest BCUT2D eigenvalue weighted by Crippen LogP contribution is 2.28. The Morgan fingerprint density at radius 3 is 1.97 bits per heavy atom. The van der Waals surface area contributed by atoms with Gasteiger partial charge in [0.15, 0.2) is 6.10 Å². The molecule has 1 unspecified atom stereocenters. The van der Waals surface area contributed by atoms with Gasteiger partial charge in [-0.1, -0.05) is 57.1 Å². The van der Waals surface area contributed by atoms with E-state index < -0.39 is 36.5 Å². The molecule has 0 aromatic carbocycles. The van der Waals surface area contributed by atoms with Crippen molar-refractivity contribution in [1.29, 1.82) is 0 Å². The molecule has 1 aliphatic rings. The Kier molecular flexibility index (Phi) is 14.7. The number of hydrogen-bond acceptors (Lipinski definition) is 6. The minimum Gasteiger partial charge on any atom is -0.502 e. The Morgan fingerprint density at radius 2 is 1.42 bits per heavy atom. The zero-order valence-corrected chi connectivity index (χ0v) is 18.6. The van der Waals surface area contributed by atoms with Gasteiger partial charge >= 0.3 is 11.9 Å². The van der Waals surface area contributed by atoms with Crippen LogP contribution in [0.1, 0.15) is 96.3 Å². The average Bonchev–Trinajstić information content (AvgIpc) is 3.03. The predicted molar refractivity (Wildman–Crippen MR) is 119 cm³/mol. The molecule has 0 aromatic heterocycles. The number of ether oxygens (including phenoxy) is 1. The number of unbranched alkanes of at least 4 members (excludes halogenated alkanes) is 11. The number of rotatable bonds is 19. The van der Waals surface area contributed by atoms with Gasteiger partial charge in [-0.05, 0) is 44.9 Å². The molecule has 178 valence electrons. The summed E-state index contributed by atoms with van der Waals surface area (Å²) in [5.41, 5.74) is 0.400. The summed E-state index contributed by atoms with van der Waals surface area (Å²) in [7, 11) is 0. The third-order valence-electron chi connectivity index (χ3n) is 5.61. The lowest BCUT2D eigenvalue weighted by molar-refractivity contribution is -0.147. The monoisotopic (exact) mass is 440 g/mol. The largest absolute Gasteiger partial charge is 0.502 e. The Hall–Kier alpha value is -1.86. The average molecular weight is 441 g/mol. The highest BCUT2D eigenvalue weighted by atomic mass is 16.6. The number of aliphatic hydroxyl groups excluding tert-OH is 3. The molecular formula is C24H40O7. The number of aliphatic hydroxyl groups is 3. The first kappa shape index (κ1) is 27.2. The summed E-state index contributed by atoms with van der Waals surface area (Å²) < 4.78 is 4.93. The summed E-state index contributed by atoms with van der Waals surface area (Å²) in [6.45, 7) is -0.516. The van der Waals surface area contributed by atoms with Crippen molar-refractivity contribution in [2.24, 2.45) is 0 Å². The van der Waals surface area contributed by atoms with Crippen molar-refractivity contribution >= 4 is 11.9 Å². The third-order valence-corrected chi connectivity index (χ3v) is 5.61. The van der Waals surface area contributed by atoms with E-state index in [9.17, 15) is 19.8 Å². The summed E-state index contributed by atoms with van der Waals surface area (Å²) in [5.74, 6) is -1.94. The van der Waals surface area contributed by atoms with Crippen LogP contribution in [0, 0.1) is 0 Å². The lowest BCUT2D eigenvalue weighted by Crippen LogP contribution is -2.31. The minimum absolute atomic E-state index is 0.284. The van der Waals surface area contributed by atoms with E-state index in [-0.39, 0.29) is 6.42 Å². The number of aliphatic carboxylic acids is 1. The van der Waals surface area contributed by atoms with E-state index in [4.69, 9.17) is 14.9 Å². The van der Waals surface area contributed by atoms with Gasteiger partial charge in [-0.15, -0.1) is 0 Å². The second kappa shape index (κ2) is 16.8. The maximum Gasteiger partial charge on any atom is 0.374 e. The van der Waals surface area contributed by atoms with Gasteiger partial charge in [0, 0.05) is 12.0 Å². The van der Waals surface area contributed by atoms with Crippen LogP contribution in [-0.2, 0) is 14.3 Å². The molecule has 0 fully saturated rings. The van der Waals surface area contributed by atoms with Gasteiger partial charge in [0.2, 0.25) is 5.76 Å². The molecule has 1 heterocycles. The molecule has 0 saturated heterocycles. The highest BCUT2D eigenvalue weighted by molar-refractivity contribution is 5.89. The summed E-state index contributed by atoms with van der Waals surface area (Å²) in [4.78, 5) is 21.9. The summed E-state index contributed by atoms with van der Waals surface area (Å²) in [5, 5.41) is 37.1. The van der Waals surface area contributed by atoms with Crippen LogP contribution in [0.15, 0.2) is 23.5 Å². The maximum absolute atomic E-state index is 11.5. The molecule has 7 nitrogen and oxygen atoms in total. The fraction of sp³-hybridized carbons (Fsp3) is 0.750. The number of cyclic esters (lactones) is 1. The first-order valence-corrected chi connectivity index (χ1v) is 11.8. The van der Waals surface area contributed by atoms with Crippen LogP contribution in [0.5, 0.6) is 0 Å². The van der Waals surface area contributed by atoms with Crippen LogP contribution >= 0.6 is 0 Å². The molecule has 31 heavy (non-hydrogen) atoms. The number of esters is 1. The van der Waals surface area contributed by atoms with E-state index in [0.29, 0.717) is 12.0 Å². The van der Waals surface area contributed by atoms with E-state index >= 15 is 0 Å². The van der Waals surface area contributed by atoms with Gasteiger partial charge in [0.25, 0.3) is 0 Å². The molecule has 7 heteroatoms. The van der Waals surface area contributed by atoms with Gasteiger partial charge in [-0.3, -0.25) is 4.79 Å². The normalized spacial score (nSPS) is 17.5. The van der Waals surface area contributed by atoms with Gasteiger partial charge < -0.3 is 25.2 Å². The Morgan fingerprint density at radius 1 is 0.903 bits per heavy atom. The SMILES string of the molecule is O=C(O)CCCCCCC/C=C\CCCCCCCCC1=C(O)C(=O)O[C@H]1C(O)CO. The molecule has 0 spiro atoms. The van der Waals surface area contributed by atoms with E-state index in [1.54, 1.807) is 0 Å². The maximum atomic E-state index is 11.5. The molecule has 0 radical (unpaired) electrons. The van der Waals surface area contributed by atoms with E-state index in [0.717, 1.165) is 57.8 Å². The zero-order valence-electron chi connectivity index (χ0n) is 18.6. The fourth-order valence-corrected chi connectivity index (χ4v) is 3.76. The smallest absolute Gasteiger partial charge is 0.374 e. The van der Waals surface area contributed by atoms with Crippen molar-refractivity contribution in [3.05, 3.63) is 23.5 Å². The van der Waals surface area contributed by atoms with Crippen LogP contribution in [0.25, 0.3) is 0 Å². The van der Waals surface area contributed by atoms with Gasteiger partial charge in [0.05, 0.1) is 6.61 Å². The first-order valence-electron chi connectivity index (χ1n) is 11.8. The molecule has 4 N–H and O–H groups in total. The van der Waals surface area contributed by atoms with Crippen LogP contribution in [-0.4, -0.2) is 51.2 Å². The van der Waals surface area contributed by atoms with Gasteiger partial charge in [-0.25, -0.2) is 4.79 Å². The Balaban J connectivity index is 1.95. The first-order chi connectivity index (χ1) is 15.0. The number of allylic oxidation sites excluding steroid dienone is 2. The van der Waals surface area contributed by atoms with Crippen molar-refractivity contribution in [2.45, 2.75) is 109 Å². The highest BCUT2D eigenvalue weighted by Gasteiger charge is 2.37. The Labute approximate surface area is 185 Å². The number of carbonyl (C=O) groups excluding carboxylic acids is 1. The number of carboxylic acids is 1. The summed E-state index contributed by atoms with van der Waals surface area (Å²) in [6.07, 6.45) is 17.0. The van der Waals surface area contributed by atoms with Crippen molar-refractivity contribution in [1.82, 2.24) is 0 Å². The van der Waals surface area contributed by atoms with Crippen LogP contribution in [0.2, 0.25) is 0 Å². The third kappa shape index (κ3) is 11.9. The second-order valence-corrected chi connectivity index (χ2v) is 8.28. The molecular weight excluding hydrogens is 400 g/mol. The minimum atomic E-state index is -1.19. The predicted octanol–water partition coefficient (Wildman–Crippen LogP) is 4.57. The standard InChI is InChI=1S/C24H40O7/c25-18-20(26)23-19(22(29)24(30)31-23)16-14-12-10-8-6-4-2-1-3-5-7-9-11-13-15-17-21(27)28/h1,3,20,23,25-26,29H,2,4-18H2,(H,27,28)/b3-1-/t20?,23-/m1/s1. The number of carbonyl (C=O) groups is 2. The molecule has 0 saturated carbocycles. The summed E-state index contributed by atoms with van der Waals surface area (Å²) in [6, 6.07) is 0. The zero-order chi connectivity index (χ0) is 22.9. The lowest BCUT2D eigenvalue weighted by atomic mass is 9.98. The van der Waals surface area contributed by atoms with Crippen molar-refractivity contribution < 1.29 is 34.8 Å². The Bertz CT molecular complexity index is 582. The van der Waals surface area contributed by atoms with Crippen LogP contribution in [0.3, 0.4) is 0 Å². The molecule has 1 rings (SSSR count). The second-order valence-electron chi connectivity index (χ2n) is 8.28. The number of hydrogen-bond donors (Lipinski definition) is 4. The molecule has 2 atom stereocenters. The fourth-order valence-electron chi connectivity index (χ4n) is 3.76. The topological polar surface area (TPSA) is 124 Å². The summed E-state index contributed by atoms with van der Waals surface area (Å²) >= 11 is 0. The molecule has 0 aliphatic carbocycles. The quantitative estimate of drug-likeness (QED) is 0.132.